The van der Waals surface area contributed by atoms with Gasteiger partial charge in [-0.25, -0.2) is 14.4 Å². The van der Waals surface area contributed by atoms with E-state index < -0.39 is 0 Å². The van der Waals surface area contributed by atoms with Gasteiger partial charge in [0.2, 0.25) is 5.91 Å². The van der Waals surface area contributed by atoms with Gasteiger partial charge in [0.15, 0.2) is 5.82 Å². The zero-order valence-electron chi connectivity index (χ0n) is 16.2. The number of aromatic amines is 1. The molecule has 0 saturated heterocycles. The predicted octanol–water partition coefficient (Wildman–Crippen LogP) is 2.11. The minimum Gasteiger partial charge on any atom is -0.493 e. The fraction of sp³-hybridized carbons (Fsp3) is 0.286. The molecular weight excluding hydrogens is 389 g/mol. The summed E-state index contributed by atoms with van der Waals surface area (Å²) < 4.78 is 18.6. The van der Waals surface area contributed by atoms with Gasteiger partial charge in [-0.3, -0.25) is 14.6 Å². The molecule has 3 heterocycles. The van der Waals surface area contributed by atoms with Gasteiger partial charge in [-0.15, -0.1) is 0 Å². The van der Waals surface area contributed by atoms with E-state index in [1.807, 2.05) is 0 Å². The van der Waals surface area contributed by atoms with Crippen LogP contribution in [0.1, 0.15) is 24.1 Å². The Balaban J connectivity index is 1.36. The lowest BCUT2D eigenvalue weighted by Gasteiger charge is -2.28. The van der Waals surface area contributed by atoms with Crippen LogP contribution in [0.5, 0.6) is 5.75 Å². The van der Waals surface area contributed by atoms with E-state index >= 15 is 0 Å². The van der Waals surface area contributed by atoms with Gasteiger partial charge in [0.1, 0.15) is 17.3 Å². The summed E-state index contributed by atoms with van der Waals surface area (Å²) in [5, 5.41) is 0. The van der Waals surface area contributed by atoms with E-state index in [-0.39, 0.29) is 23.8 Å². The van der Waals surface area contributed by atoms with Crippen molar-refractivity contribution in [2.24, 2.45) is 0 Å². The van der Waals surface area contributed by atoms with Crippen molar-refractivity contribution in [3.8, 4) is 17.3 Å². The first-order valence-electron chi connectivity index (χ1n) is 9.65. The van der Waals surface area contributed by atoms with Gasteiger partial charge < -0.3 is 14.6 Å². The normalized spacial score (nSPS) is 13.0. The molecule has 4 rings (SSSR count). The largest absolute Gasteiger partial charge is 0.493 e. The Morgan fingerprint density at radius 1 is 1.30 bits per heavy atom. The minimum atomic E-state index is -0.362. The Labute approximate surface area is 171 Å². The number of hydrogen-bond donors (Lipinski definition) is 1. The van der Waals surface area contributed by atoms with Crippen LogP contribution in [0.15, 0.2) is 47.7 Å². The Hall–Kier alpha value is -3.62. The van der Waals surface area contributed by atoms with Crippen LogP contribution >= 0.6 is 0 Å². The number of fused-ring (bicyclic) bond motifs is 1. The lowest BCUT2D eigenvalue weighted by molar-refractivity contribution is -0.132. The molecule has 0 atom stereocenters. The molecule has 0 unspecified atom stereocenters. The number of nitrogens with one attached hydrogen (secondary N) is 1. The third-order valence-corrected chi connectivity index (χ3v) is 4.83. The maximum absolute atomic E-state index is 13.2. The highest BCUT2D eigenvalue weighted by Gasteiger charge is 2.24. The monoisotopic (exact) mass is 409 g/mol. The van der Waals surface area contributed by atoms with Crippen molar-refractivity contribution in [2.75, 3.05) is 13.2 Å². The molecule has 30 heavy (non-hydrogen) atoms. The summed E-state index contributed by atoms with van der Waals surface area (Å²) >= 11 is 0. The quantitative estimate of drug-likeness (QED) is 0.626. The number of rotatable bonds is 6. The van der Waals surface area contributed by atoms with E-state index in [0.29, 0.717) is 60.9 Å². The van der Waals surface area contributed by atoms with Crippen molar-refractivity contribution in [2.45, 2.75) is 25.8 Å². The summed E-state index contributed by atoms with van der Waals surface area (Å²) in [5.41, 5.74) is 1.43. The summed E-state index contributed by atoms with van der Waals surface area (Å²) in [6.45, 7) is 1.05. The first-order valence-corrected chi connectivity index (χ1v) is 9.65. The Morgan fingerprint density at radius 2 is 2.20 bits per heavy atom. The molecule has 1 aliphatic heterocycles. The van der Waals surface area contributed by atoms with E-state index in [1.165, 1.54) is 24.5 Å². The third-order valence-electron chi connectivity index (χ3n) is 4.83. The Bertz CT molecular complexity index is 1100. The fourth-order valence-corrected chi connectivity index (χ4v) is 3.32. The molecule has 1 aliphatic rings. The molecule has 0 bridgehead atoms. The number of carbonyl (C=O) groups excluding carboxylic acids is 1. The molecule has 0 saturated carbocycles. The molecule has 1 aromatic carbocycles. The van der Waals surface area contributed by atoms with Crippen molar-refractivity contribution < 1.29 is 13.9 Å². The second kappa shape index (κ2) is 8.81. The van der Waals surface area contributed by atoms with Crippen molar-refractivity contribution in [3.05, 3.63) is 70.3 Å². The van der Waals surface area contributed by atoms with Gasteiger partial charge in [0.05, 0.1) is 25.0 Å². The van der Waals surface area contributed by atoms with Crippen LogP contribution in [0, 0.1) is 5.82 Å². The van der Waals surface area contributed by atoms with E-state index in [4.69, 9.17) is 4.74 Å². The standard InChI is InChI=1S/C21H20FN5O3/c22-14-3-1-4-15(11-14)30-10-2-5-19(28)27-9-6-16-18(13-27)25-20(26-21(16)29)17-12-23-7-8-24-17/h1,3-4,7-8,11-12H,2,5-6,9-10,13H2,(H,25,26,29). The SMILES string of the molecule is O=C(CCCOc1cccc(F)c1)N1CCc2c(nc(-c3cnccn3)[nH]c2=O)C1. The number of hydrogen-bond acceptors (Lipinski definition) is 6. The maximum atomic E-state index is 13.2. The molecule has 2 aromatic heterocycles. The molecule has 3 aromatic rings. The van der Waals surface area contributed by atoms with Crippen LogP contribution in [0.2, 0.25) is 0 Å². The first kappa shape index (κ1) is 19.7. The predicted molar refractivity (Wildman–Crippen MR) is 106 cm³/mol. The number of halogens is 1. The topological polar surface area (TPSA) is 101 Å². The van der Waals surface area contributed by atoms with Crippen molar-refractivity contribution in [1.82, 2.24) is 24.8 Å². The number of H-pyrrole nitrogens is 1. The zero-order valence-corrected chi connectivity index (χ0v) is 16.2. The van der Waals surface area contributed by atoms with Gasteiger partial charge in [-0.05, 0) is 25.0 Å². The highest BCUT2D eigenvalue weighted by Crippen LogP contribution is 2.18. The Kier molecular flexibility index (Phi) is 5.78. The van der Waals surface area contributed by atoms with E-state index in [9.17, 15) is 14.0 Å². The Morgan fingerprint density at radius 3 is 3.00 bits per heavy atom. The number of amides is 1. The van der Waals surface area contributed by atoms with Gasteiger partial charge in [-0.1, -0.05) is 6.07 Å². The van der Waals surface area contributed by atoms with Gasteiger partial charge in [0, 0.05) is 37.0 Å². The lowest BCUT2D eigenvalue weighted by atomic mass is 10.1. The molecule has 8 nitrogen and oxygen atoms in total. The highest BCUT2D eigenvalue weighted by molar-refractivity contribution is 5.76. The number of ether oxygens (including phenoxy) is 1. The third kappa shape index (κ3) is 4.51. The van der Waals surface area contributed by atoms with Crippen LogP contribution in [-0.4, -0.2) is 43.9 Å². The lowest BCUT2D eigenvalue weighted by Crippen LogP contribution is -2.39. The zero-order chi connectivity index (χ0) is 20.9. The summed E-state index contributed by atoms with van der Waals surface area (Å²) in [7, 11) is 0. The van der Waals surface area contributed by atoms with Gasteiger partial charge >= 0.3 is 0 Å². The second-order valence-electron chi connectivity index (χ2n) is 6.91. The minimum absolute atomic E-state index is 0.0355. The maximum Gasteiger partial charge on any atom is 0.254 e. The average molecular weight is 409 g/mol. The van der Waals surface area contributed by atoms with E-state index in [1.54, 1.807) is 23.2 Å². The van der Waals surface area contributed by atoms with Crippen molar-refractivity contribution in [1.29, 1.82) is 0 Å². The number of aromatic nitrogens is 4. The summed E-state index contributed by atoms with van der Waals surface area (Å²) in [4.78, 5) is 42.1. The number of carbonyl (C=O) groups is 1. The highest BCUT2D eigenvalue weighted by atomic mass is 19.1. The molecule has 0 spiro atoms. The van der Waals surface area contributed by atoms with Crippen LogP contribution in [0.4, 0.5) is 4.39 Å². The molecule has 0 radical (unpaired) electrons. The van der Waals surface area contributed by atoms with Crippen molar-refractivity contribution >= 4 is 5.91 Å². The number of benzene rings is 1. The molecule has 154 valence electrons. The van der Waals surface area contributed by atoms with Crippen molar-refractivity contribution in [3.63, 3.8) is 0 Å². The van der Waals surface area contributed by atoms with Gasteiger partial charge in [-0.2, -0.15) is 0 Å². The number of nitrogens with zero attached hydrogens (tertiary/aromatic N) is 4. The molecule has 1 amide bonds. The van der Waals surface area contributed by atoms with Gasteiger partial charge in [0.25, 0.3) is 5.56 Å². The van der Waals surface area contributed by atoms with Crippen LogP contribution in [0.3, 0.4) is 0 Å². The molecule has 9 heteroatoms. The fourth-order valence-electron chi connectivity index (χ4n) is 3.32. The molecule has 0 fully saturated rings. The van der Waals surface area contributed by atoms with Crippen LogP contribution in [-0.2, 0) is 17.8 Å². The summed E-state index contributed by atoms with van der Waals surface area (Å²) in [5.74, 6) is 0.379. The molecule has 1 N–H and O–H groups in total. The second-order valence-corrected chi connectivity index (χ2v) is 6.91. The molecule has 0 aliphatic carbocycles. The van der Waals surface area contributed by atoms with Crippen LogP contribution in [0.25, 0.3) is 11.5 Å². The van der Waals surface area contributed by atoms with E-state index in [2.05, 4.69) is 19.9 Å². The first-order chi connectivity index (χ1) is 14.6. The average Bonchev–Trinajstić information content (AvgIpc) is 2.77. The summed E-state index contributed by atoms with van der Waals surface area (Å²) in [6, 6.07) is 5.90. The smallest absolute Gasteiger partial charge is 0.254 e. The molecular formula is C21H20FN5O3. The van der Waals surface area contributed by atoms with Crippen LogP contribution < -0.4 is 10.3 Å². The summed E-state index contributed by atoms with van der Waals surface area (Å²) in [6.07, 6.45) is 5.84. The van der Waals surface area contributed by atoms with E-state index in [0.717, 1.165) is 0 Å².